The molecule has 0 spiro atoms. The van der Waals surface area contributed by atoms with Crippen LogP contribution in [-0.2, 0) is 0 Å². The Morgan fingerprint density at radius 3 is 2.05 bits per heavy atom. The molecule has 0 radical (unpaired) electrons. The zero-order valence-electron chi connectivity index (χ0n) is 12.9. The molecule has 2 saturated heterocycles. The first kappa shape index (κ1) is 13.8. The van der Waals surface area contributed by atoms with Crippen LogP contribution in [0.1, 0.15) is 32.6 Å². The molecule has 3 heteroatoms. The monoisotopic (exact) mass is 265 g/mol. The van der Waals surface area contributed by atoms with E-state index < -0.39 is 0 Å². The average molecular weight is 265 g/mol. The third-order valence-electron chi connectivity index (χ3n) is 5.53. The fourth-order valence-electron chi connectivity index (χ4n) is 3.65. The Morgan fingerprint density at radius 2 is 1.47 bits per heavy atom. The number of likely N-dealkylation sites (tertiary alicyclic amines) is 1. The van der Waals surface area contributed by atoms with Gasteiger partial charge in [-0.15, -0.1) is 0 Å². The maximum absolute atomic E-state index is 2.72. The lowest BCUT2D eigenvalue weighted by Crippen LogP contribution is -2.49. The number of rotatable bonds is 4. The molecular weight excluding hydrogens is 234 g/mol. The van der Waals surface area contributed by atoms with E-state index in [1.807, 2.05) is 0 Å². The Kier molecular flexibility index (Phi) is 4.16. The van der Waals surface area contributed by atoms with Crippen LogP contribution in [0.5, 0.6) is 0 Å². The average Bonchev–Trinajstić information content (AvgIpc) is 3.12. The normalized spacial score (nSPS) is 30.6. The topological polar surface area (TPSA) is 9.72 Å². The fraction of sp³-hybridized carbons (Fsp3) is 1.00. The van der Waals surface area contributed by atoms with Gasteiger partial charge in [-0.05, 0) is 57.2 Å². The lowest BCUT2D eigenvalue weighted by Gasteiger charge is -2.39. The van der Waals surface area contributed by atoms with Crippen molar-refractivity contribution in [1.82, 2.24) is 14.7 Å². The van der Waals surface area contributed by atoms with Gasteiger partial charge >= 0.3 is 0 Å². The predicted octanol–water partition coefficient (Wildman–Crippen LogP) is 1.75. The van der Waals surface area contributed by atoms with Gasteiger partial charge in [0.25, 0.3) is 0 Å². The largest absolute Gasteiger partial charge is 0.306 e. The number of nitrogens with zero attached hydrogens (tertiary/aromatic N) is 3. The van der Waals surface area contributed by atoms with Gasteiger partial charge in [0.15, 0.2) is 0 Å². The van der Waals surface area contributed by atoms with Crippen LogP contribution in [0.2, 0.25) is 0 Å². The van der Waals surface area contributed by atoms with E-state index in [0.29, 0.717) is 5.41 Å². The summed E-state index contributed by atoms with van der Waals surface area (Å²) in [6.45, 7) is 13.0. The lowest BCUT2D eigenvalue weighted by molar-refractivity contribution is 0.0900. The standard InChI is InChI=1S/C16H31N3/c1-16(5-6-16)14-19-11-9-18(10-12-19)13-15-3-7-17(2)8-4-15/h15H,3-14H2,1-2H3. The van der Waals surface area contributed by atoms with Crippen LogP contribution in [0, 0.1) is 11.3 Å². The summed E-state index contributed by atoms with van der Waals surface area (Å²) < 4.78 is 0. The Bertz CT molecular complexity index is 284. The summed E-state index contributed by atoms with van der Waals surface area (Å²) in [4.78, 5) is 7.91. The van der Waals surface area contributed by atoms with E-state index in [2.05, 4.69) is 28.7 Å². The minimum Gasteiger partial charge on any atom is -0.306 e. The molecule has 1 saturated carbocycles. The molecule has 1 aliphatic carbocycles. The summed E-state index contributed by atoms with van der Waals surface area (Å²) in [6.07, 6.45) is 5.75. The Hall–Kier alpha value is -0.120. The molecular formula is C16H31N3. The molecule has 0 aromatic carbocycles. The molecule has 3 fully saturated rings. The molecule has 0 atom stereocenters. The minimum absolute atomic E-state index is 0.691. The first-order chi connectivity index (χ1) is 9.13. The number of hydrogen-bond acceptors (Lipinski definition) is 3. The summed E-state index contributed by atoms with van der Waals surface area (Å²) >= 11 is 0. The highest BCUT2D eigenvalue weighted by Gasteiger charge is 2.39. The SMILES string of the molecule is CN1CCC(CN2CCN(CC3(C)CC3)CC2)CC1. The molecule has 0 aromatic rings. The van der Waals surface area contributed by atoms with Gasteiger partial charge in [-0.3, -0.25) is 0 Å². The zero-order valence-corrected chi connectivity index (χ0v) is 12.9. The second-order valence-corrected chi connectivity index (χ2v) is 7.63. The summed E-state index contributed by atoms with van der Waals surface area (Å²) in [7, 11) is 2.26. The van der Waals surface area contributed by atoms with Crippen LogP contribution in [0.4, 0.5) is 0 Å². The third-order valence-corrected chi connectivity index (χ3v) is 5.53. The molecule has 0 bridgehead atoms. The van der Waals surface area contributed by atoms with Crippen molar-refractivity contribution in [2.24, 2.45) is 11.3 Å². The van der Waals surface area contributed by atoms with Crippen molar-refractivity contribution in [2.75, 3.05) is 59.4 Å². The maximum atomic E-state index is 2.72. The zero-order chi connectivity index (χ0) is 13.3. The number of piperazine rings is 1. The van der Waals surface area contributed by atoms with E-state index in [1.54, 1.807) is 0 Å². The van der Waals surface area contributed by atoms with Crippen LogP contribution >= 0.6 is 0 Å². The van der Waals surface area contributed by atoms with E-state index >= 15 is 0 Å². The molecule has 0 amide bonds. The molecule has 110 valence electrons. The van der Waals surface area contributed by atoms with Crippen molar-refractivity contribution >= 4 is 0 Å². The molecule has 0 unspecified atom stereocenters. The number of hydrogen-bond donors (Lipinski definition) is 0. The van der Waals surface area contributed by atoms with Crippen LogP contribution in [0.15, 0.2) is 0 Å². The highest BCUT2D eigenvalue weighted by atomic mass is 15.3. The maximum Gasteiger partial charge on any atom is 0.0110 e. The first-order valence-electron chi connectivity index (χ1n) is 8.26. The van der Waals surface area contributed by atoms with E-state index in [9.17, 15) is 0 Å². The van der Waals surface area contributed by atoms with E-state index in [0.717, 1.165) is 5.92 Å². The van der Waals surface area contributed by atoms with Crippen molar-refractivity contribution < 1.29 is 0 Å². The highest BCUT2D eigenvalue weighted by Crippen LogP contribution is 2.45. The van der Waals surface area contributed by atoms with Gasteiger partial charge in [0.2, 0.25) is 0 Å². The summed E-state index contributed by atoms with van der Waals surface area (Å²) in [6, 6.07) is 0. The van der Waals surface area contributed by atoms with Crippen LogP contribution in [0.25, 0.3) is 0 Å². The Morgan fingerprint density at radius 1 is 0.895 bits per heavy atom. The molecule has 3 rings (SSSR count). The summed E-state index contributed by atoms with van der Waals surface area (Å²) in [5.74, 6) is 0.962. The predicted molar refractivity (Wildman–Crippen MR) is 80.4 cm³/mol. The lowest BCUT2D eigenvalue weighted by atomic mass is 9.96. The second-order valence-electron chi connectivity index (χ2n) is 7.63. The van der Waals surface area contributed by atoms with Crippen molar-refractivity contribution in [3.05, 3.63) is 0 Å². The van der Waals surface area contributed by atoms with E-state index in [4.69, 9.17) is 0 Å². The Labute approximate surface area is 118 Å². The highest BCUT2D eigenvalue weighted by molar-refractivity contribution is 4.92. The summed E-state index contributed by atoms with van der Waals surface area (Å²) in [5, 5.41) is 0. The van der Waals surface area contributed by atoms with Gasteiger partial charge in [-0.2, -0.15) is 0 Å². The molecule has 3 nitrogen and oxygen atoms in total. The molecule has 0 N–H and O–H groups in total. The van der Waals surface area contributed by atoms with Crippen molar-refractivity contribution in [2.45, 2.75) is 32.6 Å². The van der Waals surface area contributed by atoms with Gasteiger partial charge in [-0.25, -0.2) is 0 Å². The molecule has 19 heavy (non-hydrogen) atoms. The molecule has 3 aliphatic rings. The van der Waals surface area contributed by atoms with E-state index in [-0.39, 0.29) is 0 Å². The first-order valence-corrected chi connectivity index (χ1v) is 8.26. The molecule has 0 aromatic heterocycles. The van der Waals surface area contributed by atoms with Crippen molar-refractivity contribution in [3.8, 4) is 0 Å². The summed E-state index contributed by atoms with van der Waals surface area (Å²) in [5.41, 5.74) is 0.691. The Balaban J connectivity index is 1.36. The fourth-order valence-corrected chi connectivity index (χ4v) is 3.65. The van der Waals surface area contributed by atoms with Crippen molar-refractivity contribution in [3.63, 3.8) is 0 Å². The van der Waals surface area contributed by atoms with Gasteiger partial charge < -0.3 is 14.7 Å². The van der Waals surface area contributed by atoms with Gasteiger partial charge in [0.05, 0.1) is 0 Å². The van der Waals surface area contributed by atoms with Crippen LogP contribution < -0.4 is 0 Å². The van der Waals surface area contributed by atoms with E-state index in [1.165, 1.54) is 78.0 Å². The smallest absolute Gasteiger partial charge is 0.0110 e. The molecule has 2 heterocycles. The van der Waals surface area contributed by atoms with Crippen LogP contribution in [-0.4, -0.2) is 74.1 Å². The van der Waals surface area contributed by atoms with Gasteiger partial charge in [0, 0.05) is 39.3 Å². The second kappa shape index (κ2) is 5.71. The number of piperidine rings is 1. The van der Waals surface area contributed by atoms with Crippen molar-refractivity contribution in [1.29, 1.82) is 0 Å². The minimum atomic E-state index is 0.691. The van der Waals surface area contributed by atoms with Gasteiger partial charge in [-0.1, -0.05) is 6.92 Å². The van der Waals surface area contributed by atoms with Crippen LogP contribution in [0.3, 0.4) is 0 Å². The van der Waals surface area contributed by atoms with Gasteiger partial charge in [0.1, 0.15) is 0 Å². The quantitative estimate of drug-likeness (QED) is 0.767. The molecule has 2 aliphatic heterocycles. The third kappa shape index (κ3) is 3.93.